The summed E-state index contributed by atoms with van der Waals surface area (Å²) in [6, 6.07) is 9.42. The first-order valence-corrected chi connectivity index (χ1v) is 19.6. The van der Waals surface area contributed by atoms with Crippen LogP contribution in [0.4, 0.5) is 0 Å². The van der Waals surface area contributed by atoms with E-state index in [0.29, 0.717) is 19.4 Å². The zero-order chi connectivity index (χ0) is 40.8. The second-order valence-electron chi connectivity index (χ2n) is 16.0. The number of ether oxygens (including phenoxy) is 10. The fourth-order valence-electron chi connectivity index (χ4n) is 8.85. The van der Waals surface area contributed by atoms with Gasteiger partial charge in [-0.2, -0.15) is 0 Å². The first kappa shape index (κ1) is 41.6. The minimum Gasteiger partial charge on any atom is -0.459 e. The van der Waals surface area contributed by atoms with Crippen molar-refractivity contribution < 1.29 is 81.9 Å². The summed E-state index contributed by atoms with van der Waals surface area (Å²) in [5.41, 5.74) is 0.102. The van der Waals surface area contributed by atoms with E-state index in [1.807, 2.05) is 37.3 Å². The minimum absolute atomic E-state index is 0.109. The molecule has 5 saturated heterocycles. The van der Waals surface area contributed by atoms with Gasteiger partial charge in [-0.25, -0.2) is 4.79 Å². The summed E-state index contributed by atoms with van der Waals surface area (Å²) >= 11 is 0. The number of carbonyl (C=O) groups is 4. The van der Waals surface area contributed by atoms with Crippen LogP contribution in [0, 0.1) is 17.8 Å². The number of carbonyl (C=O) groups excluding carboxylic acids is 4. The molecule has 1 aromatic rings. The minimum atomic E-state index is -1.73. The van der Waals surface area contributed by atoms with E-state index < -0.39 is 115 Å². The molecule has 5 aliphatic heterocycles. The lowest BCUT2D eigenvalue weighted by atomic mass is 9.72. The van der Waals surface area contributed by atoms with Gasteiger partial charge in [-0.3, -0.25) is 14.4 Å². The highest BCUT2D eigenvalue weighted by Crippen LogP contribution is 2.62. The lowest BCUT2D eigenvalue weighted by Gasteiger charge is -2.46. The molecule has 1 aliphatic carbocycles. The summed E-state index contributed by atoms with van der Waals surface area (Å²) in [5, 5.41) is 32.7. The molecule has 5 heterocycles. The smallest absolute Gasteiger partial charge is 0.331 e. The monoisotopic (exact) mass is 804 g/mol. The van der Waals surface area contributed by atoms with Gasteiger partial charge in [0.15, 0.2) is 30.2 Å². The third-order valence-corrected chi connectivity index (χ3v) is 12.0. The van der Waals surface area contributed by atoms with Crippen molar-refractivity contribution in [3.05, 3.63) is 42.0 Å². The van der Waals surface area contributed by atoms with E-state index >= 15 is 0 Å². The van der Waals surface area contributed by atoms with Crippen molar-refractivity contribution in [1.82, 2.24) is 0 Å². The number of epoxide rings is 1. The predicted molar refractivity (Wildman–Crippen MR) is 191 cm³/mol. The second kappa shape index (κ2) is 16.6. The van der Waals surface area contributed by atoms with Crippen molar-refractivity contribution in [2.24, 2.45) is 17.8 Å². The molecule has 1 saturated carbocycles. The molecule has 0 bridgehead atoms. The standard InChI is InChI=1S/C40H52O17/c1-19-17-48-40(16-28(19)54-29(43)14-11-24-9-7-6-8-10-24)39(18-49-39)26-13-12-25(15-27(26)57-40)36(47)56-38-35(34(53-23(5)42)31(45)21(3)51-38)55-37-32(46)33(52-22(4)41)30(44)20(2)50-37/h6-11,14,19-21,25-28,30-35,37-38,44-46H,12-13,15-18H2,1-5H3/b14-11+/t19-,20+,21+,25+,26+,27-,28+,30-,31+,32+,33-,34-,35+,37+,38-,39+,40+/m0/s1. The Balaban J connectivity index is 1.04. The van der Waals surface area contributed by atoms with Crippen molar-refractivity contribution in [2.75, 3.05) is 13.2 Å². The molecule has 0 aromatic heterocycles. The Morgan fingerprint density at radius 1 is 0.789 bits per heavy atom. The average molecular weight is 805 g/mol. The Labute approximate surface area is 329 Å². The van der Waals surface area contributed by atoms with Crippen LogP contribution < -0.4 is 0 Å². The number of hydrogen-bond donors (Lipinski definition) is 3. The zero-order valence-electron chi connectivity index (χ0n) is 32.5. The van der Waals surface area contributed by atoms with Crippen LogP contribution in [-0.2, 0) is 66.5 Å². The molecule has 0 unspecified atom stereocenters. The summed E-state index contributed by atoms with van der Waals surface area (Å²) in [5.74, 6) is -4.80. The summed E-state index contributed by atoms with van der Waals surface area (Å²) in [7, 11) is 0. The fourth-order valence-corrected chi connectivity index (χ4v) is 8.85. The lowest BCUT2D eigenvalue weighted by molar-refractivity contribution is -0.358. The van der Waals surface area contributed by atoms with Gasteiger partial charge in [-0.15, -0.1) is 0 Å². The maximum absolute atomic E-state index is 14.0. The number of esters is 4. The summed E-state index contributed by atoms with van der Waals surface area (Å²) in [4.78, 5) is 50.9. The van der Waals surface area contributed by atoms with Gasteiger partial charge in [-0.1, -0.05) is 37.3 Å². The van der Waals surface area contributed by atoms with Gasteiger partial charge < -0.3 is 62.7 Å². The highest BCUT2D eigenvalue weighted by atomic mass is 16.8. The van der Waals surface area contributed by atoms with Crippen LogP contribution in [-0.4, -0.2) is 137 Å². The van der Waals surface area contributed by atoms with Crippen LogP contribution in [0.1, 0.15) is 65.9 Å². The molecule has 3 N–H and O–H groups in total. The van der Waals surface area contributed by atoms with Crippen LogP contribution >= 0.6 is 0 Å². The Morgan fingerprint density at radius 2 is 1.44 bits per heavy atom. The molecule has 6 fully saturated rings. The van der Waals surface area contributed by atoms with Crippen molar-refractivity contribution in [2.45, 2.75) is 145 Å². The van der Waals surface area contributed by atoms with Crippen LogP contribution in [0.15, 0.2) is 36.4 Å². The van der Waals surface area contributed by atoms with E-state index in [0.717, 1.165) is 19.4 Å². The Morgan fingerprint density at radius 3 is 2.11 bits per heavy atom. The van der Waals surface area contributed by atoms with E-state index in [1.54, 1.807) is 6.08 Å². The number of fused-ring (bicyclic) bond motifs is 3. The highest BCUT2D eigenvalue weighted by molar-refractivity contribution is 5.87. The summed E-state index contributed by atoms with van der Waals surface area (Å²) in [6.07, 6.45) is -10.6. The van der Waals surface area contributed by atoms with E-state index in [4.69, 9.17) is 47.4 Å². The molecular weight excluding hydrogens is 752 g/mol. The first-order valence-electron chi connectivity index (χ1n) is 19.6. The van der Waals surface area contributed by atoms with Crippen LogP contribution in [0.3, 0.4) is 0 Å². The fraction of sp³-hybridized carbons (Fsp3) is 0.700. The molecule has 57 heavy (non-hydrogen) atoms. The maximum atomic E-state index is 14.0. The largest absolute Gasteiger partial charge is 0.459 e. The van der Waals surface area contributed by atoms with Gasteiger partial charge in [-0.05, 0) is 44.7 Å². The molecule has 2 spiro atoms. The van der Waals surface area contributed by atoms with Gasteiger partial charge in [0.2, 0.25) is 12.1 Å². The number of aliphatic hydroxyl groups is 3. The van der Waals surface area contributed by atoms with Crippen molar-refractivity contribution in [1.29, 1.82) is 0 Å². The topological polar surface area (TPSA) is 225 Å². The number of hydrogen-bond acceptors (Lipinski definition) is 17. The Hall–Kier alpha value is -3.52. The molecule has 0 amide bonds. The quantitative estimate of drug-likeness (QED) is 0.139. The first-order chi connectivity index (χ1) is 27.1. The van der Waals surface area contributed by atoms with Crippen LogP contribution in [0.2, 0.25) is 0 Å². The molecule has 0 radical (unpaired) electrons. The Kier molecular flexibility index (Phi) is 12.1. The van der Waals surface area contributed by atoms with Gasteiger partial charge in [0.1, 0.15) is 24.4 Å². The predicted octanol–water partition coefficient (Wildman–Crippen LogP) is 1.31. The molecule has 314 valence electrons. The Bertz CT molecular complexity index is 1670. The van der Waals surface area contributed by atoms with Gasteiger partial charge in [0.05, 0.1) is 37.4 Å². The lowest BCUT2D eigenvalue weighted by Crippen LogP contribution is -2.64. The molecule has 1 aromatic carbocycles. The number of rotatable bonds is 9. The zero-order valence-corrected chi connectivity index (χ0v) is 32.5. The second-order valence-corrected chi connectivity index (χ2v) is 16.0. The average Bonchev–Trinajstić information content (AvgIpc) is 3.94. The molecule has 7 rings (SSSR count). The van der Waals surface area contributed by atoms with E-state index in [2.05, 4.69) is 0 Å². The van der Waals surface area contributed by atoms with E-state index in [1.165, 1.54) is 19.9 Å². The molecular formula is C40H52O17. The highest BCUT2D eigenvalue weighted by Gasteiger charge is 2.76. The van der Waals surface area contributed by atoms with Crippen LogP contribution in [0.25, 0.3) is 6.08 Å². The maximum Gasteiger partial charge on any atom is 0.331 e. The van der Waals surface area contributed by atoms with E-state index in [9.17, 15) is 34.5 Å². The van der Waals surface area contributed by atoms with Gasteiger partial charge in [0.25, 0.3) is 0 Å². The molecule has 17 nitrogen and oxygen atoms in total. The van der Waals surface area contributed by atoms with Crippen molar-refractivity contribution in [3.63, 3.8) is 0 Å². The van der Waals surface area contributed by atoms with Crippen molar-refractivity contribution in [3.8, 4) is 0 Å². The summed E-state index contributed by atoms with van der Waals surface area (Å²) in [6.45, 7) is 7.81. The van der Waals surface area contributed by atoms with Crippen LogP contribution in [0.5, 0.6) is 0 Å². The third kappa shape index (κ3) is 8.36. The SMILES string of the molecule is CC(=O)O[C@H]1[C@@H](O)[C@@H](C)O[C@H](O[C@H]2[C@H](OC(=O)[C@@H]3CC[C@@H]4[C@H](C3)O[C@]3(C[C@@H](OC(=O)/C=C/c5ccccc5)[C@@H](C)CO3)[C@@]43CO3)O[C@H](C)[C@@H](O)[C@@H]2OC(C)=O)[C@@H]1O. The summed E-state index contributed by atoms with van der Waals surface area (Å²) < 4.78 is 59.4. The molecule has 6 aliphatic rings. The normalized spacial score (nSPS) is 44.0. The van der Waals surface area contributed by atoms with Crippen molar-refractivity contribution >= 4 is 30.0 Å². The molecule has 17 atom stereocenters. The number of benzene rings is 1. The molecule has 17 heteroatoms. The third-order valence-electron chi connectivity index (χ3n) is 12.0. The van der Waals surface area contributed by atoms with E-state index in [-0.39, 0.29) is 31.3 Å². The van der Waals surface area contributed by atoms with Gasteiger partial charge >= 0.3 is 23.9 Å². The number of aliphatic hydroxyl groups excluding tert-OH is 3. The van der Waals surface area contributed by atoms with Gasteiger partial charge in [0, 0.05) is 38.2 Å².